The Hall–Kier alpha value is -1.94. The molecule has 0 bridgehead atoms. The quantitative estimate of drug-likeness (QED) is 0.0222. The SMILES string of the molecule is CCCCCCCCCCCCCCCCCCCC(=O)O[C@H](COC(=O)CCCCCCCCCCCCCCCCC)COP(=O)(O)OC[C@@H](O)COP(=O)(O)OC[C@@H](COC(=O)CCCCCCCCCCCCCC)OC(=O)CCCCCCCCCCCC(C)C. The first kappa shape index (κ1) is 94.1. The second-order valence-corrected chi connectivity index (χ2v) is 31.1. The largest absolute Gasteiger partial charge is 0.472 e. The van der Waals surface area contributed by atoms with Crippen LogP contribution in [0.4, 0.5) is 0 Å². The van der Waals surface area contributed by atoms with Crippen LogP contribution in [0, 0.1) is 5.92 Å². The maximum absolute atomic E-state index is 13.1. The molecule has 0 aromatic heterocycles. The lowest BCUT2D eigenvalue weighted by Gasteiger charge is -2.21. The predicted molar refractivity (Wildman–Crippen MR) is 391 cm³/mol. The van der Waals surface area contributed by atoms with Crippen molar-refractivity contribution in [3.63, 3.8) is 0 Å². The highest BCUT2D eigenvalue weighted by atomic mass is 31.2. The van der Waals surface area contributed by atoms with Crippen LogP contribution in [0.5, 0.6) is 0 Å². The third-order valence-electron chi connectivity index (χ3n) is 18.0. The summed E-state index contributed by atoms with van der Waals surface area (Å²) in [5.74, 6) is -1.37. The first-order chi connectivity index (χ1) is 46.5. The molecule has 0 spiro atoms. The molecule has 5 atom stereocenters. The van der Waals surface area contributed by atoms with Gasteiger partial charge in [-0.1, -0.05) is 356 Å². The Morgan fingerprint density at radius 3 is 0.708 bits per heavy atom. The molecule has 0 fully saturated rings. The fourth-order valence-corrected chi connectivity index (χ4v) is 13.5. The Labute approximate surface area is 588 Å². The van der Waals surface area contributed by atoms with Crippen molar-refractivity contribution in [2.45, 2.75) is 425 Å². The van der Waals surface area contributed by atoms with Gasteiger partial charge in [-0.3, -0.25) is 37.3 Å². The Kier molecular flexibility index (Phi) is 68.7. The van der Waals surface area contributed by atoms with E-state index in [1.54, 1.807) is 0 Å². The smallest absolute Gasteiger partial charge is 0.462 e. The van der Waals surface area contributed by atoms with E-state index in [1.807, 2.05) is 0 Å². The summed E-state index contributed by atoms with van der Waals surface area (Å²) in [6.07, 6.45) is 59.5. The van der Waals surface area contributed by atoms with Gasteiger partial charge in [-0.25, -0.2) is 9.13 Å². The van der Waals surface area contributed by atoms with Crippen LogP contribution < -0.4 is 0 Å². The van der Waals surface area contributed by atoms with Crippen molar-refractivity contribution in [3.8, 4) is 0 Å². The molecule has 0 amide bonds. The van der Waals surface area contributed by atoms with E-state index in [-0.39, 0.29) is 25.7 Å². The van der Waals surface area contributed by atoms with Crippen molar-refractivity contribution in [1.82, 2.24) is 0 Å². The summed E-state index contributed by atoms with van der Waals surface area (Å²) in [6.45, 7) is 7.29. The van der Waals surface area contributed by atoms with Crippen LogP contribution >= 0.6 is 15.6 Å². The molecule has 0 aliphatic carbocycles. The molecule has 96 heavy (non-hydrogen) atoms. The minimum absolute atomic E-state index is 0.106. The molecule has 2 unspecified atom stereocenters. The number of hydrogen-bond acceptors (Lipinski definition) is 15. The first-order valence-corrected chi connectivity index (χ1v) is 43.1. The molecule has 19 heteroatoms. The van der Waals surface area contributed by atoms with Crippen molar-refractivity contribution in [2.24, 2.45) is 5.92 Å². The van der Waals surface area contributed by atoms with Crippen LogP contribution in [-0.2, 0) is 65.4 Å². The van der Waals surface area contributed by atoms with Gasteiger partial charge in [0.2, 0.25) is 0 Å². The van der Waals surface area contributed by atoms with Gasteiger partial charge >= 0.3 is 39.5 Å². The Morgan fingerprint density at radius 2 is 0.479 bits per heavy atom. The summed E-state index contributed by atoms with van der Waals surface area (Å²) in [6, 6.07) is 0. The monoisotopic (exact) mass is 1410 g/mol. The molecule has 3 N–H and O–H groups in total. The molecule has 17 nitrogen and oxygen atoms in total. The van der Waals surface area contributed by atoms with Crippen molar-refractivity contribution in [1.29, 1.82) is 0 Å². The van der Waals surface area contributed by atoms with Gasteiger partial charge in [0, 0.05) is 25.7 Å². The molecule has 0 saturated carbocycles. The Balaban J connectivity index is 5.25. The number of carbonyl (C=O) groups is 4. The highest BCUT2D eigenvalue weighted by Crippen LogP contribution is 2.45. The number of phosphoric acid groups is 2. The van der Waals surface area contributed by atoms with E-state index in [2.05, 4.69) is 34.6 Å². The van der Waals surface area contributed by atoms with Gasteiger partial charge in [0.25, 0.3) is 0 Å². The number of carbonyl (C=O) groups excluding carboxylic acids is 4. The number of ether oxygens (including phenoxy) is 4. The molecule has 0 saturated heterocycles. The standard InChI is InChI=1S/C77H150O17P2/c1-6-9-12-15-18-21-24-27-29-30-32-34-37-42-47-52-57-62-76(81)93-72(66-88-75(80)61-56-51-46-41-36-33-31-28-25-22-19-16-13-10-7-2)68-91-95(83,84)89-64-71(78)65-90-96(85,86)92-69-73(94-77(82)63-58-53-48-43-38-39-44-49-54-59-70(4)5)67-87-74(79)60-55-50-45-40-35-26-23-20-17-14-11-8-3/h70-73,78H,6-69H2,1-5H3,(H,83,84)(H,85,86)/t71-,72-,73-/m1/s1. The first-order valence-electron chi connectivity index (χ1n) is 40.1. The minimum Gasteiger partial charge on any atom is -0.462 e. The zero-order valence-electron chi connectivity index (χ0n) is 62.5. The molecular weight excluding hydrogens is 1260 g/mol. The average molecular weight is 1410 g/mol. The summed E-state index contributed by atoms with van der Waals surface area (Å²) >= 11 is 0. The van der Waals surface area contributed by atoms with Gasteiger partial charge < -0.3 is 33.8 Å². The van der Waals surface area contributed by atoms with Crippen LogP contribution in [0.15, 0.2) is 0 Å². The van der Waals surface area contributed by atoms with Crippen molar-refractivity contribution < 1.29 is 80.2 Å². The number of phosphoric ester groups is 2. The van der Waals surface area contributed by atoms with Gasteiger partial charge in [-0.2, -0.15) is 0 Å². The highest BCUT2D eigenvalue weighted by Gasteiger charge is 2.30. The van der Waals surface area contributed by atoms with E-state index in [0.29, 0.717) is 25.7 Å². The van der Waals surface area contributed by atoms with Crippen molar-refractivity contribution >= 4 is 39.5 Å². The van der Waals surface area contributed by atoms with E-state index in [0.717, 1.165) is 95.8 Å². The molecule has 0 aliphatic heterocycles. The Bertz CT molecular complexity index is 1840. The van der Waals surface area contributed by atoms with E-state index in [1.165, 1.54) is 231 Å². The molecular formula is C77H150O17P2. The maximum atomic E-state index is 13.1. The summed E-state index contributed by atoms with van der Waals surface area (Å²) in [4.78, 5) is 72.9. The zero-order chi connectivity index (χ0) is 70.5. The molecule has 0 rings (SSSR count). The number of rotatable bonds is 77. The van der Waals surface area contributed by atoms with Crippen LogP contribution in [0.25, 0.3) is 0 Å². The molecule has 0 radical (unpaired) electrons. The van der Waals surface area contributed by atoms with Crippen LogP contribution in [0.2, 0.25) is 0 Å². The second kappa shape index (κ2) is 70.1. The molecule has 0 aliphatic rings. The lowest BCUT2D eigenvalue weighted by Crippen LogP contribution is -2.30. The second-order valence-electron chi connectivity index (χ2n) is 28.2. The fraction of sp³-hybridized carbons (Fsp3) is 0.948. The fourth-order valence-electron chi connectivity index (χ4n) is 11.9. The third-order valence-corrected chi connectivity index (χ3v) is 19.9. The normalized spacial score (nSPS) is 13.9. The van der Waals surface area contributed by atoms with E-state index < -0.39 is 97.5 Å². The van der Waals surface area contributed by atoms with Gasteiger partial charge in [-0.05, 0) is 31.6 Å². The lowest BCUT2D eigenvalue weighted by atomic mass is 10.0. The van der Waals surface area contributed by atoms with E-state index in [9.17, 15) is 43.2 Å². The Morgan fingerprint density at radius 1 is 0.281 bits per heavy atom. The van der Waals surface area contributed by atoms with Gasteiger partial charge in [0.05, 0.1) is 26.4 Å². The topological polar surface area (TPSA) is 237 Å². The average Bonchev–Trinajstić information content (AvgIpc) is 2.07. The van der Waals surface area contributed by atoms with E-state index in [4.69, 9.17) is 37.0 Å². The number of aliphatic hydroxyl groups excluding tert-OH is 1. The summed E-state index contributed by atoms with van der Waals surface area (Å²) in [7, 11) is -9.91. The number of aliphatic hydroxyl groups is 1. The summed E-state index contributed by atoms with van der Waals surface area (Å²) in [5, 5.41) is 10.6. The molecule has 0 aromatic carbocycles. The van der Waals surface area contributed by atoms with Crippen LogP contribution in [-0.4, -0.2) is 96.7 Å². The molecule has 0 heterocycles. The van der Waals surface area contributed by atoms with Gasteiger partial charge in [-0.15, -0.1) is 0 Å². The van der Waals surface area contributed by atoms with Gasteiger partial charge in [0.15, 0.2) is 12.2 Å². The van der Waals surface area contributed by atoms with Crippen LogP contribution in [0.1, 0.15) is 407 Å². The summed E-state index contributed by atoms with van der Waals surface area (Å²) < 4.78 is 68.6. The summed E-state index contributed by atoms with van der Waals surface area (Å²) in [5.41, 5.74) is 0. The zero-order valence-corrected chi connectivity index (χ0v) is 64.3. The van der Waals surface area contributed by atoms with Crippen LogP contribution in [0.3, 0.4) is 0 Å². The lowest BCUT2D eigenvalue weighted by molar-refractivity contribution is -0.161. The molecule has 0 aromatic rings. The van der Waals surface area contributed by atoms with Crippen molar-refractivity contribution in [3.05, 3.63) is 0 Å². The number of hydrogen-bond donors (Lipinski definition) is 3. The highest BCUT2D eigenvalue weighted by molar-refractivity contribution is 7.47. The van der Waals surface area contributed by atoms with E-state index >= 15 is 0 Å². The van der Waals surface area contributed by atoms with Crippen molar-refractivity contribution in [2.75, 3.05) is 39.6 Å². The third kappa shape index (κ3) is 70.5. The number of unbranched alkanes of at least 4 members (excludes halogenated alkanes) is 49. The van der Waals surface area contributed by atoms with Gasteiger partial charge in [0.1, 0.15) is 19.3 Å². The maximum Gasteiger partial charge on any atom is 0.472 e. The number of esters is 4. The predicted octanol–water partition coefficient (Wildman–Crippen LogP) is 22.9. The molecule has 570 valence electrons. The minimum atomic E-state index is -4.96.